The summed E-state index contributed by atoms with van der Waals surface area (Å²) < 4.78 is 0. The Bertz CT molecular complexity index is 886. The van der Waals surface area contributed by atoms with Gasteiger partial charge >= 0.3 is 0 Å². The zero-order valence-corrected chi connectivity index (χ0v) is 15.2. The highest BCUT2D eigenvalue weighted by Gasteiger charge is 1.91. The molecule has 3 rings (SSSR count). The number of benzene rings is 3. The first-order valence-corrected chi connectivity index (χ1v) is 8.74. The molecule has 0 fully saturated rings. The fourth-order valence-electron chi connectivity index (χ4n) is 2.21. The van der Waals surface area contributed by atoms with Crippen LogP contribution in [-0.4, -0.2) is 24.9 Å². The van der Waals surface area contributed by atoms with Crippen molar-refractivity contribution in [2.45, 2.75) is 0 Å². The van der Waals surface area contributed by atoms with Crippen molar-refractivity contribution < 1.29 is 0 Å². The lowest BCUT2D eigenvalue weighted by atomic mass is 10.3. The molecule has 0 heterocycles. The van der Waals surface area contributed by atoms with Gasteiger partial charge in [-0.15, -0.1) is 0 Å². The zero-order chi connectivity index (χ0) is 19.3. The maximum absolute atomic E-state index is 4.35. The molecule has 0 aliphatic heterocycles. The maximum Gasteiger partial charge on any atom is 0.0655 e. The van der Waals surface area contributed by atoms with Gasteiger partial charge in [0.15, 0.2) is 0 Å². The van der Waals surface area contributed by atoms with Gasteiger partial charge in [-0.25, -0.2) is 0 Å². The lowest BCUT2D eigenvalue weighted by Gasteiger charge is -1.97. The van der Waals surface area contributed by atoms with Crippen molar-refractivity contribution >= 4 is 47.6 Å². The third-order valence-electron chi connectivity index (χ3n) is 3.49. The van der Waals surface area contributed by atoms with E-state index in [1.54, 1.807) is 24.9 Å². The van der Waals surface area contributed by atoms with Crippen molar-refractivity contribution in [3.63, 3.8) is 0 Å². The summed E-state index contributed by atoms with van der Waals surface area (Å²) in [5.74, 6) is 0. The Morgan fingerprint density at radius 1 is 0.500 bits per heavy atom. The average Bonchev–Trinajstić information content (AvgIpc) is 2.75. The molecule has 0 aliphatic carbocycles. The van der Waals surface area contributed by atoms with E-state index in [2.05, 4.69) is 31.0 Å². The highest BCUT2D eigenvalue weighted by molar-refractivity contribution is 6.17. The quantitative estimate of drug-likeness (QED) is 0.419. The first-order chi connectivity index (χ1) is 13.9. The van der Waals surface area contributed by atoms with Crippen molar-refractivity contribution in [3.8, 4) is 0 Å². The summed E-state index contributed by atoms with van der Waals surface area (Å²) in [5, 5.41) is 8.19. The second-order valence-corrected chi connectivity index (χ2v) is 5.59. The van der Waals surface area contributed by atoms with Crippen LogP contribution >= 0.6 is 0 Å². The molecule has 0 aromatic heterocycles. The Labute approximate surface area is 164 Å². The predicted molar refractivity (Wildman–Crippen MR) is 120 cm³/mol. The smallest absolute Gasteiger partial charge is 0.0655 e. The lowest BCUT2D eigenvalue weighted by Crippen LogP contribution is -1.89. The summed E-state index contributed by atoms with van der Waals surface area (Å²) in [4.78, 5) is 8.70. The number of hydrogen-bond acceptors (Lipinski definition) is 6. The number of para-hydroxylation sites is 2. The topological polar surface area (TPSA) is 73.5 Å². The van der Waals surface area contributed by atoms with E-state index in [1.165, 1.54) is 0 Å². The maximum atomic E-state index is 4.35. The molecule has 138 valence electrons. The molecule has 0 aliphatic rings. The minimum Gasteiger partial charge on any atom is -0.278 e. The van der Waals surface area contributed by atoms with Crippen molar-refractivity contribution in [1.82, 2.24) is 0 Å². The van der Waals surface area contributed by atoms with Crippen LogP contribution in [0.1, 0.15) is 0 Å². The van der Waals surface area contributed by atoms with Gasteiger partial charge in [-0.3, -0.25) is 20.8 Å². The SMILES string of the molecule is C(/C=N\Nc1ccccc1)=Nc1cccc(N=C/C=N\Nc2ccccc2)c1. The van der Waals surface area contributed by atoms with E-state index in [0.29, 0.717) is 0 Å². The fraction of sp³-hybridized carbons (Fsp3) is 0. The second kappa shape index (κ2) is 10.8. The number of hydrogen-bond donors (Lipinski definition) is 2. The van der Waals surface area contributed by atoms with E-state index in [1.807, 2.05) is 84.9 Å². The van der Waals surface area contributed by atoms with Crippen LogP contribution in [0, 0.1) is 0 Å². The Balaban J connectivity index is 1.49. The molecule has 0 atom stereocenters. The second-order valence-electron chi connectivity index (χ2n) is 5.59. The molecular formula is C22H20N6. The number of nitrogens with one attached hydrogen (secondary N) is 2. The van der Waals surface area contributed by atoms with E-state index >= 15 is 0 Å². The Kier molecular flexibility index (Phi) is 7.24. The molecule has 0 unspecified atom stereocenters. The first-order valence-electron chi connectivity index (χ1n) is 8.74. The van der Waals surface area contributed by atoms with Crippen LogP contribution in [0.3, 0.4) is 0 Å². The van der Waals surface area contributed by atoms with E-state index < -0.39 is 0 Å². The van der Waals surface area contributed by atoms with Crippen LogP contribution in [-0.2, 0) is 0 Å². The zero-order valence-electron chi connectivity index (χ0n) is 15.2. The minimum absolute atomic E-state index is 0.792. The molecule has 2 N–H and O–H groups in total. The molecule has 0 saturated carbocycles. The van der Waals surface area contributed by atoms with Gasteiger partial charge in [-0.05, 0) is 42.5 Å². The summed E-state index contributed by atoms with van der Waals surface area (Å²) in [7, 11) is 0. The van der Waals surface area contributed by atoms with Crippen molar-refractivity contribution in [2.24, 2.45) is 20.2 Å². The van der Waals surface area contributed by atoms with Gasteiger partial charge < -0.3 is 0 Å². The van der Waals surface area contributed by atoms with Crippen LogP contribution in [0.2, 0.25) is 0 Å². The molecule has 3 aromatic carbocycles. The first kappa shape index (κ1) is 18.7. The van der Waals surface area contributed by atoms with Crippen LogP contribution in [0.15, 0.2) is 105 Å². The number of aliphatic imine (C=N–C) groups is 2. The third kappa shape index (κ3) is 6.68. The largest absolute Gasteiger partial charge is 0.278 e. The van der Waals surface area contributed by atoms with Gasteiger partial charge in [-0.1, -0.05) is 42.5 Å². The standard InChI is InChI=1S/C22H20N6/c1-3-8-19(9-4-1)27-25-16-14-23-21-12-7-13-22(18-21)24-15-17-26-28-20-10-5-2-6-11-20/h1-18,27-28H/b23-14?,24-15?,25-16-,26-17-. The summed E-state index contributed by atoms with van der Waals surface area (Å²) in [6, 6.07) is 27.0. The molecule has 0 saturated heterocycles. The Morgan fingerprint density at radius 2 is 0.964 bits per heavy atom. The summed E-state index contributed by atoms with van der Waals surface area (Å²) in [5.41, 5.74) is 9.29. The molecule has 0 spiro atoms. The predicted octanol–water partition coefficient (Wildman–Crippen LogP) is 5.29. The molecule has 6 nitrogen and oxygen atoms in total. The van der Waals surface area contributed by atoms with Crippen molar-refractivity contribution in [3.05, 3.63) is 84.9 Å². The van der Waals surface area contributed by atoms with Gasteiger partial charge in [0.1, 0.15) is 0 Å². The fourth-order valence-corrected chi connectivity index (χ4v) is 2.21. The monoisotopic (exact) mass is 368 g/mol. The summed E-state index contributed by atoms with van der Waals surface area (Å²) >= 11 is 0. The van der Waals surface area contributed by atoms with Crippen LogP contribution in [0.5, 0.6) is 0 Å². The van der Waals surface area contributed by atoms with Crippen LogP contribution in [0.4, 0.5) is 22.7 Å². The van der Waals surface area contributed by atoms with Gasteiger partial charge in [-0.2, -0.15) is 10.2 Å². The number of anilines is 2. The lowest BCUT2D eigenvalue weighted by molar-refractivity contribution is 1.36. The van der Waals surface area contributed by atoms with Crippen LogP contribution in [0.25, 0.3) is 0 Å². The van der Waals surface area contributed by atoms with Crippen molar-refractivity contribution in [2.75, 3.05) is 10.9 Å². The van der Waals surface area contributed by atoms with E-state index in [9.17, 15) is 0 Å². The average molecular weight is 368 g/mol. The molecule has 6 heteroatoms. The number of rotatable bonds is 8. The van der Waals surface area contributed by atoms with E-state index in [4.69, 9.17) is 0 Å². The Hall–Kier alpha value is -4.06. The normalized spacial score (nSPS) is 11.7. The highest BCUT2D eigenvalue weighted by Crippen LogP contribution is 2.19. The Morgan fingerprint density at radius 3 is 1.43 bits per heavy atom. The van der Waals surface area contributed by atoms with Gasteiger partial charge in [0, 0.05) is 12.4 Å². The van der Waals surface area contributed by atoms with Gasteiger partial charge in [0.25, 0.3) is 0 Å². The molecule has 0 bridgehead atoms. The van der Waals surface area contributed by atoms with Gasteiger partial charge in [0.2, 0.25) is 0 Å². The van der Waals surface area contributed by atoms with Crippen LogP contribution < -0.4 is 10.9 Å². The number of nitrogens with zero attached hydrogens (tertiary/aromatic N) is 4. The summed E-state index contributed by atoms with van der Waals surface area (Å²) in [6.45, 7) is 0. The number of hydrazone groups is 2. The third-order valence-corrected chi connectivity index (χ3v) is 3.49. The molecule has 0 amide bonds. The molecule has 28 heavy (non-hydrogen) atoms. The van der Waals surface area contributed by atoms with Crippen molar-refractivity contribution in [1.29, 1.82) is 0 Å². The summed E-state index contributed by atoms with van der Waals surface area (Å²) in [6.07, 6.45) is 6.46. The van der Waals surface area contributed by atoms with E-state index in [-0.39, 0.29) is 0 Å². The molecule has 3 aromatic rings. The molecular weight excluding hydrogens is 348 g/mol. The van der Waals surface area contributed by atoms with Gasteiger partial charge in [0.05, 0.1) is 35.2 Å². The highest BCUT2D eigenvalue weighted by atomic mass is 15.3. The van der Waals surface area contributed by atoms with E-state index in [0.717, 1.165) is 22.7 Å². The minimum atomic E-state index is 0.792. The molecule has 0 radical (unpaired) electrons.